The van der Waals surface area contributed by atoms with Crippen LogP contribution >= 0.6 is 0 Å². The van der Waals surface area contributed by atoms with Crippen LogP contribution < -0.4 is 10.6 Å². The number of anilines is 2. The molecular weight excluding hydrogens is 302 g/mol. The number of hydrogen-bond acceptors (Lipinski definition) is 4. The molecule has 2 heterocycles. The summed E-state index contributed by atoms with van der Waals surface area (Å²) in [6.45, 7) is 4.46. The van der Waals surface area contributed by atoms with Gasteiger partial charge in [0.2, 0.25) is 0 Å². The number of pyridine rings is 1. The molecule has 0 aliphatic carbocycles. The van der Waals surface area contributed by atoms with E-state index in [-0.39, 0.29) is 5.91 Å². The minimum Gasteiger partial charge on any atom is -0.467 e. The zero-order chi connectivity index (χ0) is 16.9. The van der Waals surface area contributed by atoms with Crippen molar-refractivity contribution in [3.63, 3.8) is 0 Å². The molecule has 24 heavy (non-hydrogen) atoms. The van der Waals surface area contributed by atoms with Crippen molar-refractivity contribution in [2.24, 2.45) is 0 Å². The van der Waals surface area contributed by atoms with E-state index in [0.29, 0.717) is 18.0 Å². The lowest BCUT2D eigenvalue weighted by Gasteiger charge is -2.10. The molecular formula is C19H19N3O2. The molecule has 0 bridgehead atoms. The van der Waals surface area contributed by atoms with Crippen molar-refractivity contribution in [1.29, 1.82) is 0 Å². The molecule has 0 atom stereocenters. The standard InChI is InChI=1S/C19H19N3O2/c1-13-5-7-17(14(2)10-13)22-15-6-8-18(20-11-15)19(23)21-12-16-4-3-9-24-16/h3-11,22H,12H2,1-2H3,(H,21,23). The summed E-state index contributed by atoms with van der Waals surface area (Å²) in [6.07, 6.45) is 3.23. The van der Waals surface area contributed by atoms with E-state index < -0.39 is 0 Å². The van der Waals surface area contributed by atoms with E-state index in [4.69, 9.17) is 4.42 Å². The summed E-state index contributed by atoms with van der Waals surface area (Å²) in [5.74, 6) is 0.473. The van der Waals surface area contributed by atoms with Crippen molar-refractivity contribution in [3.05, 3.63) is 77.5 Å². The van der Waals surface area contributed by atoms with Gasteiger partial charge in [-0.1, -0.05) is 17.7 Å². The molecule has 0 saturated heterocycles. The number of nitrogens with one attached hydrogen (secondary N) is 2. The summed E-state index contributed by atoms with van der Waals surface area (Å²) in [5, 5.41) is 6.08. The summed E-state index contributed by atoms with van der Waals surface area (Å²) in [5.41, 5.74) is 4.62. The van der Waals surface area contributed by atoms with E-state index in [1.165, 1.54) is 5.56 Å². The molecule has 0 unspecified atom stereocenters. The molecule has 122 valence electrons. The highest BCUT2D eigenvalue weighted by Gasteiger charge is 2.08. The third-order valence-electron chi connectivity index (χ3n) is 3.66. The first-order valence-corrected chi connectivity index (χ1v) is 7.73. The second-order valence-electron chi connectivity index (χ2n) is 5.64. The van der Waals surface area contributed by atoms with Gasteiger partial charge in [-0.2, -0.15) is 0 Å². The van der Waals surface area contributed by atoms with Crippen LogP contribution in [0.2, 0.25) is 0 Å². The normalized spacial score (nSPS) is 10.4. The first-order chi connectivity index (χ1) is 11.6. The highest BCUT2D eigenvalue weighted by Crippen LogP contribution is 2.21. The van der Waals surface area contributed by atoms with Crippen molar-refractivity contribution in [1.82, 2.24) is 10.3 Å². The van der Waals surface area contributed by atoms with Gasteiger partial charge < -0.3 is 15.1 Å². The SMILES string of the molecule is Cc1ccc(Nc2ccc(C(=O)NCc3ccco3)nc2)c(C)c1. The fraction of sp³-hybridized carbons (Fsp3) is 0.158. The van der Waals surface area contributed by atoms with Gasteiger partial charge in [0.25, 0.3) is 5.91 Å². The molecule has 1 aromatic carbocycles. The lowest BCUT2D eigenvalue weighted by Crippen LogP contribution is -2.23. The maximum atomic E-state index is 12.1. The van der Waals surface area contributed by atoms with Gasteiger partial charge in [0.15, 0.2) is 0 Å². The zero-order valence-electron chi connectivity index (χ0n) is 13.7. The zero-order valence-corrected chi connectivity index (χ0v) is 13.7. The van der Waals surface area contributed by atoms with Crippen LogP contribution in [0.5, 0.6) is 0 Å². The summed E-state index contributed by atoms with van der Waals surface area (Å²) in [7, 11) is 0. The maximum absolute atomic E-state index is 12.1. The average Bonchev–Trinajstić information content (AvgIpc) is 3.09. The molecule has 0 saturated carbocycles. The Morgan fingerprint density at radius 1 is 1.17 bits per heavy atom. The number of hydrogen-bond donors (Lipinski definition) is 2. The molecule has 0 spiro atoms. The van der Waals surface area contributed by atoms with Crippen LogP contribution in [-0.2, 0) is 6.54 Å². The smallest absolute Gasteiger partial charge is 0.270 e. The minimum atomic E-state index is -0.232. The van der Waals surface area contributed by atoms with Crippen molar-refractivity contribution in [2.45, 2.75) is 20.4 Å². The van der Waals surface area contributed by atoms with Crippen LogP contribution in [0.1, 0.15) is 27.4 Å². The lowest BCUT2D eigenvalue weighted by atomic mass is 10.1. The van der Waals surface area contributed by atoms with E-state index in [9.17, 15) is 4.79 Å². The molecule has 0 radical (unpaired) electrons. The van der Waals surface area contributed by atoms with Gasteiger partial charge in [0, 0.05) is 5.69 Å². The summed E-state index contributed by atoms with van der Waals surface area (Å²) in [4.78, 5) is 16.3. The largest absolute Gasteiger partial charge is 0.467 e. The Balaban J connectivity index is 1.63. The van der Waals surface area contributed by atoms with E-state index in [1.807, 2.05) is 18.2 Å². The third-order valence-corrected chi connectivity index (χ3v) is 3.66. The average molecular weight is 321 g/mol. The molecule has 5 heteroatoms. The topological polar surface area (TPSA) is 67.2 Å². The molecule has 0 aliphatic rings. The molecule has 1 amide bonds. The number of aromatic nitrogens is 1. The summed E-state index contributed by atoms with van der Waals surface area (Å²) < 4.78 is 5.18. The predicted octanol–water partition coefficient (Wildman–Crippen LogP) is 3.97. The Hall–Kier alpha value is -3.08. The molecule has 2 aromatic heterocycles. The number of rotatable bonds is 5. The van der Waals surface area contributed by atoms with E-state index in [0.717, 1.165) is 16.9 Å². The number of carbonyl (C=O) groups is 1. The van der Waals surface area contributed by atoms with E-state index in [2.05, 4.69) is 41.6 Å². The molecule has 2 N–H and O–H groups in total. The number of furan rings is 1. The van der Waals surface area contributed by atoms with Crippen LogP contribution in [0.15, 0.2) is 59.3 Å². The number of amides is 1. The molecule has 0 aliphatic heterocycles. The van der Waals surface area contributed by atoms with E-state index >= 15 is 0 Å². The van der Waals surface area contributed by atoms with Gasteiger partial charge in [-0.25, -0.2) is 4.98 Å². The van der Waals surface area contributed by atoms with Crippen molar-refractivity contribution >= 4 is 17.3 Å². The lowest BCUT2D eigenvalue weighted by molar-refractivity contribution is 0.0943. The highest BCUT2D eigenvalue weighted by atomic mass is 16.3. The van der Waals surface area contributed by atoms with Gasteiger partial charge in [-0.3, -0.25) is 4.79 Å². The van der Waals surface area contributed by atoms with Crippen LogP contribution in [0.4, 0.5) is 11.4 Å². The predicted molar refractivity (Wildman–Crippen MR) is 93.3 cm³/mol. The number of carbonyl (C=O) groups excluding carboxylic acids is 1. The van der Waals surface area contributed by atoms with Gasteiger partial charge in [0.05, 0.1) is 24.7 Å². The van der Waals surface area contributed by atoms with Gasteiger partial charge in [0.1, 0.15) is 11.5 Å². The van der Waals surface area contributed by atoms with E-state index in [1.54, 1.807) is 24.6 Å². The Labute approximate surface area is 140 Å². The Morgan fingerprint density at radius 2 is 2.04 bits per heavy atom. The Morgan fingerprint density at radius 3 is 2.71 bits per heavy atom. The molecule has 0 fully saturated rings. The fourth-order valence-electron chi connectivity index (χ4n) is 2.38. The maximum Gasteiger partial charge on any atom is 0.270 e. The van der Waals surface area contributed by atoms with Gasteiger partial charge in [-0.05, 0) is 49.7 Å². The van der Waals surface area contributed by atoms with Crippen LogP contribution in [0.3, 0.4) is 0 Å². The number of nitrogens with zero attached hydrogens (tertiary/aromatic N) is 1. The molecule has 5 nitrogen and oxygen atoms in total. The fourth-order valence-corrected chi connectivity index (χ4v) is 2.38. The van der Waals surface area contributed by atoms with Gasteiger partial charge >= 0.3 is 0 Å². The summed E-state index contributed by atoms with van der Waals surface area (Å²) >= 11 is 0. The molecule has 3 aromatic rings. The van der Waals surface area contributed by atoms with Crippen molar-refractivity contribution in [2.75, 3.05) is 5.32 Å². The number of aryl methyl sites for hydroxylation is 2. The van der Waals surface area contributed by atoms with Gasteiger partial charge in [-0.15, -0.1) is 0 Å². The summed E-state index contributed by atoms with van der Waals surface area (Å²) in [6, 6.07) is 13.3. The monoisotopic (exact) mass is 321 g/mol. The Bertz CT molecular complexity index is 824. The van der Waals surface area contributed by atoms with Crippen LogP contribution in [0.25, 0.3) is 0 Å². The van der Waals surface area contributed by atoms with Crippen molar-refractivity contribution < 1.29 is 9.21 Å². The first kappa shape index (κ1) is 15.8. The second kappa shape index (κ2) is 7.00. The van der Waals surface area contributed by atoms with Crippen LogP contribution in [-0.4, -0.2) is 10.9 Å². The van der Waals surface area contributed by atoms with Crippen LogP contribution in [0, 0.1) is 13.8 Å². The molecule has 3 rings (SSSR count). The van der Waals surface area contributed by atoms with Crippen molar-refractivity contribution in [3.8, 4) is 0 Å². The second-order valence-corrected chi connectivity index (χ2v) is 5.64. The first-order valence-electron chi connectivity index (χ1n) is 7.73. The number of benzene rings is 1. The Kier molecular flexibility index (Phi) is 4.61. The highest BCUT2D eigenvalue weighted by molar-refractivity contribution is 5.92. The third kappa shape index (κ3) is 3.81. The quantitative estimate of drug-likeness (QED) is 0.746. The minimum absolute atomic E-state index is 0.232.